The van der Waals surface area contributed by atoms with Gasteiger partial charge in [-0.2, -0.15) is 4.31 Å². The van der Waals surface area contributed by atoms with Gasteiger partial charge >= 0.3 is 0 Å². The molecule has 4 atom stereocenters. The van der Waals surface area contributed by atoms with E-state index in [0.29, 0.717) is 48.7 Å². The van der Waals surface area contributed by atoms with Crippen LogP contribution in [0.15, 0.2) is 61.2 Å². The first-order chi connectivity index (χ1) is 18.6. The molecule has 0 radical (unpaired) electrons. The normalized spacial score (nSPS) is 25.0. The van der Waals surface area contributed by atoms with Gasteiger partial charge in [0.05, 0.1) is 16.7 Å². The van der Waals surface area contributed by atoms with Crippen LogP contribution in [0, 0.1) is 5.41 Å². The van der Waals surface area contributed by atoms with Gasteiger partial charge in [0.25, 0.3) is 0 Å². The van der Waals surface area contributed by atoms with Gasteiger partial charge in [0.1, 0.15) is 0 Å². The molecule has 8 heteroatoms. The highest BCUT2D eigenvalue weighted by Gasteiger charge is 2.51. The van der Waals surface area contributed by atoms with Crippen molar-refractivity contribution in [2.45, 2.75) is 82.5 Å². The van der Waals surface area contributed by atoms with Crippen molar-refractivity contribution in [1.29, 1.82) is 0 Å². The summed E-state index contributed by atoms with van der Waals surface area (Å²) in [6, 6.07) is 14.9. The maximum atomic E-state index is 14.5. The molecule has 0 aromatic heterocycles. The standard InChI is InChI=1S/C31H40Cl2N2O3S/c1-5-18-31(4)20-28(23-10-8-11-25(33)19-23)29(22-14-16-24(32)17-15-22)35(30(31)36)26(6-2)21-34(7-3)39(37,38)27-12-9-13-27/h5,8,10-11,14-17,19,26-29H,1,6-7,9,12-13,18,20-21H2,2-4H3/t26-,28+,29+,31-/m0/s1. The number of benzene rings is 2. The van der Waals surface area contributed by atoms with Crippen molar-refractivity contribution in [2.75, 3.05) is 13.1 Å². The lowest BCUT2D eigenvalue weighted by molar-refractivity contribution is -0.154. The number of nitrogens with zero attached hydrogens (tertiary/aromatic N) is 2. The summed E-state index contributed by atoms with van der Waals surface area (Å²) in [5.41, 5.74) is 1.34. The summed E-state index contributed by atoms with van der Waals surface area (Å²) in [5.74, 6) is -0.0236. The SMILES string of the molecule is C=CC[C@@]1(C)C[C@H](c2cccc(Cl)c2)[C@@H](c2ccc(Cl)cc2)N([C@@H](CC)CN(CC)S(=O)(=O)C2CCC2)C1=O. The lowest BCUT2D eigenvalue weighted by Crippen LogP contribution is -2.58. The zero-order valence-electron chi connectivity index (χ0n) is 23.2. The second-order valence-electron chi connectivity index (χ2n) is 11.2. The highest BCUT2D eigenvalue weighted by atomic mass is 35.5. The third-order valence-corrected chi connectivity index (χ3v) is 11.6. The number of likely N-dealkylation sites (tertiary alicyclic amines) is 1. The minimum absolute atomic E-state index is 0.0320. The first-order valence-corrected chi connectivity index (χ1v) is 16.2. The number of piperidine rings is 1. The second-order valence-corrected chi connectivity index (χ2v) is 14.3. The number of rotatable bonds is 11. The van der Waals surface area contributed by atoms with Gasteiger partial charge in [-0.3, -0.25) is 4.79 Å². The van der Waals surface area contributed by atoms with Crippen molar-refractivity contribution in [3.05, 3.63) is 82.4 Å². The Bertz CT molecular complexity index is 1280. The third-order valence-electron chi connectivity index (χ3n) is 8.65. The van der Waals surface area contributed by atoms with Crippen LogP contribution in [-0.4, -0.2) is 47.9 Å². The van der Waals surface area contributed by atoms with E-state index in [1.807, 2.05) is 74.2 Å². The van der Waals surface area contributed by atoms with Crippen molar-refractivity contribution in [3.8, 4) is 0 Å². The van der Waals surface area contributed by atoms with Crippen LogP contribution in [0.1, 0.15) is 82.4 Å². The molecule has 4 rings (SSSR count). The molecule has 0 unspecified atom stereocenters. The molecular weight excluding hydrogens is 551 g/mol. The fourth-order valence-corrected chi connectivity index (χ4v) is 8.64. The minimum atomic E-state index is -3.43. The number of carbonyl (C=O) groups is 1. The summed E-state index contributed by atoms with van der Waals surface area (Å²) in [6.45, 7) is 10.5. The lowest BCUT2D eigenvalue weighted by Gasteiger charge is -2.52. The minimum Gasteiger partial charge on any atom is -0.330 e. The van der Waals surface area contributed by atoms with Gasteiger partial charge in [0, 0.05) is 35.1 Å². The number of carbonyl (C=O) groups excluding carboxylic acids is 1. The van der Waals surface area contributed by atoms with E-state index < -0.39 is 15.4 Å². The Kier molecular flexibility index (Phi) is 9.52. The largest absolute Gasteiger partial charge is 0.330 e. The van der Waals surface area contributed by atoms with Crippen molar-refractivity contribution in [2.24, 2.45) is 5.41 Å². The van der Waals surface area contributed by atoms with Crippen molar-refractivity contribution in [1.82, 2.24) is 9.21 Å². The van der Waals surface area contributed by atoms with Crippen LogP contribution in [0.4, 0.5) is 0 Å². The van der Waals surface area contributed by atoms with Gasteiger partial charge < -0.3 is 4.90 Å². The molecule has 1 aliphatic carbocycles. The number of likely N-dealkylation sites (N-methyl/N-ethyl adjacent to an activating group) is 1. The van der Waals surface area contributed by atoms with Gasteiger partial charge in [-0.15, -0.1) is 6.58 Å². The fraction of sp³-hybridized carbons (Fsp3) is 0.516. The molecule has 2 aromatic rings. The van der Waals surface area contributed by atoms with E-state index in [1.54, 1.807) is 4.31 Å². The number of sulfonamides is 1. The van der Waals surface area contributed by atoms with Crippen LogP contribution in [0.2, 0.25) is 10.0 Å². The number of hydrogen-bond donors (Lipinski definition) is 0. The van der Waals surface area contributed by atoms with E-state index in [2.05, 4.69) is 12.6 Å². The molecule has 1 amide bonds. The molecule has 2 aliphatic rings. The van der Waals surface area contributed by atoms with Gasteiger partial charge in [-0.25, -0.2) is 8.42 Å². The zero-order chi connectivity index (χ0) is 28.4. The molecule has 212 valence electrons. The van der Waals surface area contributed by atoms with Gasteiger partial charge in [-0.05, 0) is 67.5 Å². The Balaban J connectivity index is 1.85. The topological polar surface area (TPSA) is 57.7 Å². The molecule has 0 N–H and O–H groups in total. The summed E-state index contributed by atoms with van der Waals surface area (Å²) in [4.78, 5) is 16.5. The average molecular weight is 592 g/mol. The predicted molar refractivity (Wildman–Crippen MR) is 161 cm³/mol. The Morgan fingerprint density at radius 1 is 1.10 bits per heavy atom. The van der Waals surface area contributed by atoms with E-state index >= 15 is 0 Å². The molecule has 2 aromatic carbocycles. The summed E-state index contributed by atoms with van der Waals surface area (Å²) in [5, 5.41) is 0.954. The van der Waals surface area contributed by atoms with Crippen molar-refractivity contribution in [3.63, 3.8) is 0 Å². The summed E-state index contributed by atoms with van der Waals surface area (Å²) in [6.07, 6.45) is 5.95. The molecule has 1 heterocycles. The van der Waals surface area contributed by atoms with Crippen LogP contribution >= 0.6 is 23.2 Å². The van der Waals surface area contributed by atoms with Crippen LogP contribution in [-0.2, 0) is 14.8 Å². The number of halogens is 2. The highest BCUT2D eigenvalue weighted by molar-refractivity contribution is 7.89. The molecule has 39 heavy (non-hydrogen) atoms. The lowest BCUT2D eigenvalue weighted by atomic mass is 9.67. The number of allylic oxidation sites excluding steroid dienone is 1. The van der Waals surface area contributed by atoms with Crippen LogP contribution < -0.4 is 0 Å². The Morgan fingerprint density at radius 2 is 1.79 bits per heavy atom. The first-order valence-electron chi connectivity index (χ1n) is 14.0. The van der Waals surface area contributed by atoms with Crippen molar-refractivity contribution >= 4 is 39.1 Å². The van der Waals surface area contributed by atoms with E-state index in [0.717, 1.165) is 17.5 Å². The van der Waals surface area contributed by atoms with Gasteiger partial charge in [0.2, 0.25) is 15.9 Å². The van der Waals surface area contributed by atoms with E-state index in [-0.39, 0.29) is 35.7 Å². The maximum absolute atomic E-state index is 14.5. The molecule has 1 saturated carbocycles. The summed E-state index contributed by atoms with van der Waals surface area (Å²) < 4.78 is 28.6. The maximum Gasteiger partial charge on any atom is 0.229 e. The molecule has 0 bridgehead atoms. The molecular formula is C31H40Cl2N2O3S. The summed E-state index contributed by atoms with van der Waals surface area (Å²) in [7, 11) is -3.43. The van der Waals surface area contributed by atoms with Gasteiger partial charge in [-0.1, -0.05) is 80.7 Å². The summed E-state index contributed by atoms with van der Waals surface area (Å²) >= 11 is 12.7. The third kappa shape index (κ3) is 6.09. The highest BCUT2D eigenvalue weighted by Crippen LogP contribution is 2.52. The van der Waals surface area contributed by atoms with Crippen molar-refractivity contribution < 1.29 is 13.2 Å². The molecule has 2 fully saturated rings. The van der Waals surface area contributed by atoms with E-state index in [9.17, 15) is 13.2 Å². The smallest absolute Gasteiger partial charge is 0.229 e. The monoisotopic (exact) mass is 590 g/mol. The second kappa shape index (κ2) is 12.3. The van der Waals surface area contributed by atoms with Gasteiger partial charge in [0.15, 0.2) is 0 Å². The molecule has 1 saturated heterocycles. The number of amides is 1. The Hall–Kier alpha value is -1.86. The fourth-order valence-electron chi connectivity index (χ4n) is 6.23. The predicted octanol–water partition coefficient (Wildman–Crippen LogP) is 7.62. The zero-order valence-corrected chi connectivity index (χ0v) is 25.5. The van der Waals surface area contributed by atoms with E-state index in [4.69, 9.17) is 23.2 Å². The van der Waals surface area contributed by atoms with E-state index in [1.165, 1.54) is 0 Å². The molecule has 5 nitrogen and oxygen atoms in total. The molecule has 1 aliphatic heterocycles. The van der Waals surface area contributed by atoms with Crippen LogP contribution in [0.3, 0.4) is 0 Å². The molecule has 0 spiro atoms. The quantitative estimate of drug-likeness (QED) is 0.253. The Morgan fingerprint density at radius 3 is 2.33 bits per heavy atom. The Labute approximate surface area is 244 Å². The average Bonchev–Trinajstić information content (AvgIpc) is 2.86. The number of hydrogen-bond acceptors (Lipinski definition) is 3. The first kappa shape index (κ1) is 30.1. The van der Waals surface area contributed by atoms with Crippen LogP contribution in [0.5, 0.6) is 0 Å². The van der Waals surface area contributed by atoms with Crippen LogP contribution in [0.25, 0.3) is 0 Å².